The lowest BCUT2D eigenvalue weighted by atomic mass is 9.94. The second-order valence-electron chi connectivity index (χ2n) is 8.00. The number of hydrogen-bond acceptors (Lipinski definition) is 7. The Morgan fingerprint density at radius 1 is 1.11 bits per heavy atom. The van der Waals surface area contributed by atoms with Gasteiger partial charge in [0.25, 0.3) is 11.7 Å². The molecule has 10 heteroatoms. The number of fused-ring (bicyclic) bond motifs is 1. The van der Waals surface area contributed by atoms with E-state index in [0.29, 0.717) is 17.1 Å². The van der Waals surface area contributed by atoms with Crippen LogP contribution in [0, 0.1) is 5.82 Å². The van der Waals surface area contributed by atoms with Crippen LogP contribution in [0.25, 0.3) is 5.76 Å². The first-order chi connectivity index (χ1) is 17.3. The zero-order valence-electron chi connectivity index (χ0n) is 18.8. The molecule has 1 atom stereocenters. The van der Waals surface area contributed by atoms with Crippen LogP contribution in [0.1, 0.15) is 24.1 Å². The van der Waals surface area contributed by atoms with Crippen LogP contribution in [0.5, 0.6) is 23.0 Å². The molecule has 0 bridgehead atoms. The summed E-state index contributed by atoms with van der Waals surface area (Å²) >= 11 is 5.97. The highest BCUT2D eigenvalue weighted by atomic mass is 35.5. The molecule has 2 aliphatic rings. The van der Waals surface area contributed by atoms with Crippen LogP contribution in [-0.2, 0) is 9.59 Å². The highest BCUT2D eigenvalue weighted by molar-refractivity contribution is 6.51. The molecule has 0 spiro atoms. The Kier molecular flexibility index (Phi) is 5.93. The minimum atomic E-state index is -1.14. The molecule has 8 nitrogen and oxygen atoms in total. The van der Waals surface area contributed by atoms with Crippen molar-refractivity contribution in [2.45, 2.75) is 13.0 Å². The fourth-order valence-electron chi connectivity index (χ4n) is 4.22. The van der Waals surface area contributed by atoms with Crippen molar-refractivity contribution in [1.82, 2.24) is 0 Å². The van der Waals surface area contributed by atoms with Crippen LogP contribution in [0.3, 0.4) is 0 Å². The minimum absolute atomic E-state index is 0.0168. The molecule has 2 N–H and O–H groups in total. The molecular weight excluding hydrogens is 493 g/mol. The third-order valence-electron chi connectivity index (χ3n) is 5.87. The predicted octanol–water partition coefficient (Wildman–Crippen LogP) is 4.94. The molecule has 0 saturated carbocycles. The maximum absolute atomic E-state index is 13.9. The van der Waals surface area contributed by atoms with E-state index >= 15 is 0 Å². The van der Waals surface area contributed by atoms with Gasteiger partial charge >= 0.3 is 0 Å². The summed E-state index contributed by atoms with van der Waals surface area (Å²) < 4.78 is 30.0. The van der Waals surface area contributed by atoms with Crippen LogP contribution in [0.4, 0.5) is 10.1 Å². The van der Waals surface area contributed by atoms with E-state index in [1.54, 1.807) is 13.0 Å². The van der Waals surface area contributed by atoms with Gasteiger partial charge in [-0.25, -0.2) is 4.39 Å². The fourth-order valence-corrected chi connectivity index (χ4v) is 4.40. The Morgan fingerprint density at radius 2 is 1.89 bits per heavy atom. The Bertz CT molecular complexity index is 1440. The predicted molar refractivity (Wildman–Crippen MR) is 128 cm³/mol. The molecule has 1 amide bonds. The number of ketones is 1. The number of Topliss-reactive ketones (excluding diaryl/α,β-unsaturated/α-hetero) is 1. The Morgan fingerprint density at radius 3 is 2.64 bits per heavy atom. The summed E-state index contributed by atoms with van der Waals surface area (Å²) in [5.74, 6) is -2.21. The Balaban J connectivity index is 1.72. The maximum atomic E-state index is 13.9. The summed E-state index contributed by atoms with van der Waals surface area (Å²) in [6.45, 7) is 2.00. The lowest BCUT2D eigenvalue weighted by Gasteiger charge is -2.26. The lowest BCUT2D eigenvalue weighted by Crippen LogP contribution is -2.29. The summed E-state index contributed by atoms with van der Waals surface area (Å²) in [5.41, 5.74) is 0.512. The van der Waals surface area contributed by atoms with Gasteiger partial charge in [0, 0.05) is 11.3 Å². The smallest absolute Gasteiger partial charge is 0.300 e. The monoisotopic (exact) mass is 511 g/mol. The molecule has 184 valence electrons. The van der Waals surface area contributed by atoms with Gasteiger partial charge in [0.1, 0.15) is 11.6 Å². The van der Waals surface area contributed by atoms with Crippen molar-refractivity contribution in [1.29, 1.82) is 0 Å². The van der Waals surface area contributed by atoms with E-state index in [4.69, 9.17) is 25.8 Å². The summed E-state index contributed by atoms with van der Waals surface area (Å²) in [5, 5.41) is 21.2. The minimum Gasteiger partial charge on any atom is -0.507 e. The third-order valence-corrected chi connectivity index (χ3v) is 6.16. The quantitative estimate of drug-likeness (QED) is 0.284. The van der Waals surface area contributed by atoms with Gasteiger partial charge in [0.2, 0.25) is 6.79 Å². The zero-order valence-corrected chi connectivity index (χ0v) is 19.6. The number of amides is 1. The van der Waals surface area contributed by atoms with E-state index in [0.717, 1.165) is 11.0 Å². The molecule has 2 heterocycles. The number of carbonyl (C=O) groups excluding carboxylic acids is 2. The van der Waals surface area contributed by atoms with E-state index in [1.165, 1.54) is 42.5 Å². The van der Waals surface area contributed by atoms with Crippen molar-refractivity contribution in [3.05, 3.63) is 82.1 Å². The van der Waals surface area contributed by atoms with Crippen LogP contribution >= 0.6 is 11.6 Å². The van der Waals surface area contributed by atoms with E-state index in [1.807, 2.05) is 0 Å². The van der Waals surface area contributed by atoms with Crippen LogP contribution in [0.2, 0.25) is 5.02 Å². The van der Waals surface area contributed by atoms with Gasteiger partial charge < -0.3 is 24.4 Å². The molecule has 1 fully saturated rings. The maximum Gasteiger partial charge on any atom is 0.300 e. The van der Waals surface area contributed by atoms with Crippen molar-refractivity contribution >= 4 is 34.7 Å². The largest absolute Gasteiger partial charge is 0.507 e. The van der Waals surface area contributed by atoms with Crippen molar-refractivity contribution < 1.29 is 38.4 Å². The van der Waals surface area contributed by atoms with Gasteiger partial charge in [0.15, 0.2) is 23.0 Å². The molecule has 0 aliphatic carbocycles. The van der Waals surface area contributed by atoms with Crippen LogP contribution in [0.15, 0.2) is 60.2 Å². The molecule has 36 heavy (non-hydrogen) atoms. The number of ether oxygens (including phenoxy) is 3. The standard InChI is InChI=1S/C26H19ClFNO7/c1-2-34-20-9-13(3-7-18(20)30)23-22(24(31)14-4-8-19-21(10-14)36-12-35-19)25(32)26(33)29(23)15-5-6-17(28)16(27)11-15/h3-11,23,30-31H,2,12H2,1H3/b24-22+. The number of phenols is 1. The first-order valence-corrected chi connectivity index (χ1v) is 11.3. The first-order valence-electron chi connectivity index (χ1n) is 10.9. The first kappa shape index (κ1) is 23.5. The number of benzene rings is 3. The summed E-state index contributed by atoms with van der Waals surface area (Å²) in [6.07, 6.45) is 0. The number of carbonyl (C=O) groups is 2. The van der Waals surface area contributed by atoms with E-state index in [2.05, 4.69) is 0 Å². The van der Waals surface area contributed by atoms with Gasteiger partial charge in [-0.05, 0) is 61.0 Å². The molecular formula is C26H19ClFNO7. The molecule has 2 aliphatic heterocycles. The Labute approximate surface area is 209 Å². The number of halogens is 2. The number of aromatic hydroxyl groups is 1. The SMILES string of the molecule is CCOc1cc(C2/C(=C(\O)c3ccc4c(c3)OCO4)C(=O)C(=O)N2c2ccc(F)c(Cl)c2)ccc1O. The summed E-state index contributed by atoms with van der Waals surface area (Å²) in [6, 6.07) is 11.4. The van der Waals surface area contributed by atoms with E-state index < -0.39 is 29.3 Å². The van der Waals surface area contributed by atoms with Gasteiger partial charge in [0.05, 0.1) is 23.2 Å². The van der Waals surface area contributed by atoms with E-state index in [-0.39, 0.29) is 46.7 Å². The second-order valence-corrected chi connectivity index (χ2v) is 8.40. The van der Waals surface area contributed by atoms with Crippen molar-refractivity contribution in [2.75, 3.05) is 18.3 Å². The molecule has 3 aromatic carbocycles. The molecule has 0 radical (unpaired) electrons. The zero-order chi connectivity index (χ0) is 25.6. The second kappa shape index (κ2) is 9.09. The number of aliphatic hydroxyl groups is 1. The van der Waals surface area contributed by atoms with Crippen molar-refractivity contribution in [3.63, 3.8) is 0 Å². The molecule has 1 saturated heterocycles. The summed E-state index contributed by atoms with van der Waals surface area (Å²) in [4.78, 5) is 27.7. The van der Waals surface area contributed by atoms with Gasteiger partial charge in [-0.1, -0.05) is 17.7 Å². The van der Waals surface area contributed by atoms with Crippen molar-refractivity contribution in [2.24, 2.45) is 0 Å². The van der Waals surface area contributed by atoms with Gasteiger partial charge in [-0.3, -0.25) is 14.5 Å². The number of nitrogens with zero attached hydrogens (tertiary/aromatic N) is 1. The number of aliphatic hydroxyl groups excluding tert-OH is 1. The topological polar surface area (TPSA) is 106 Å². The van der Waals surface area contributed by atoms with Gasteiger partial charge in [-0.2, -0.15) is 0 Å². The highest BCUT2D eigenvalue weighted by Crippen LogP contribution is 2.45. The normalized spacial score (nSPS) is 18.1. The number of phenolic OH excluding ortho intramolecular Hbond substituents is 1. The third kappa shape index (κ3) is 3.87. The molecule has 0 aromatic heterocycles. The number of anilines is 1. The number of hydrogen-bond donors (Lipinski definition) is 2. The summed E-state index contributed by atoms with van der Waals surface area (Å²) in [7, 11) is 0. The molecule has 5 rings (SSSR count). The average Bonchev–Trinajstić information content (AvgIpc) is 3.44. The van der Waals surface area contributed by atoms with E-state index in [9.17, 15) is 24.2 Å². The lowest BCUT2D eigenvalue weighted by molar-refractivity contribution is -0.132. The van der Waals surface area contributed by atoms with Crippen molar-refractivity contribution in [3.8, 4) is 23.0 Å². The van der Waals surface area contributed by atoms with Gasteiger partial charge in [-0.15, -0.1) is 0 Å². The number of rotatable bonds is 5. The van der Waals surface area contributed by atoms with Crippen LogP contribution in [-0.4, -0.2) is 35.3 Å². The molecule has 1 unspecified atom stereocenters. The highest BCUT2D eigenvalue weighted by Gasteiger charge is 2.47. The molecule has 3 aromatic rings. The fraction of sp³-hybridized carbons (Fsp3) is 0.154. The van der Waals surface area contributed by atoms with Crippen LogP contribution < -0.4 is 19.1 Å². The Hall–Kier alpha value is -4.24. The average molecular weight is 512 g/mol.